The van der Waals surface area contributed by atoms with Crippen LogP contribution < -0.4 is 0 Å². The maximum absolute atomic E-state index is 10.4. The molecule has 0 atom stereocenters. The average Bonchev–Trinajstić information content (AvgIpc) is 2.78. The van der Waals surface area contributed by atoms with E-state index in [-0.39, 0.29) is 6.42 Å². The molecule has 8 heteroatoms. The van der Waals surface area contributed by atoms with Crippen LogP contribution in [0.15, 0.2) is 22.8 Å². The van der Waals surface area contributed by atoms with Crippen LogP contribution in [-0.2, 0) is 11.3 Å². The first-order valence-corrected chi connectivity index (χ1v) is 6.06. The lowest BCUT2D eigenvalue weighted by molar-refractivity contribution is -0.137. The highest BCUT2D eigenvalue weighted by Gasteiger charge is 2.10. The Morgan fingerprint density at radius 3 is 2.94 bits per heavy atom. The van der Waals surface area contributed by atoms with Gasteiger partial charge in [-0.2, -0.15) is 0 Å². The lowest BCUT2D eigenvalue weighted by Gasteiger charge is -2.02. The number of rotatable bonds is 5. The molecule has 94 valence electrons. The summed E-state index contributed by atoms with van der Waals surface area (Å²) in [4.78, 5) is 14.6. The first-order valence-electron chi connectivity index (χ1n) is 5.26. The van der Waals surface area contributed by atoms with Gasteiger partial charge in [0.1, 0.15) is 5.69 Å². The number of nitrogens with zero attached hydrogens (tertiary/aromatic N) is 5. The monoisotopic (exact) mass is 311 g/mol. The summed E-state index contributed by atoms with van der Waals surface area (Å²) in [5, 5.41) is 19.9. The summed E-state index contributed by atoms with van der Waals surface area (Å²) in [5.74, 6) is -0.292. The second kappa shape index (κ2) is 5.67. The Balaban J connectivity index is 2.12. The third-order valence-corrected chi connectivity index (χ3v) is 2.72. The summed E-state index contributed by atoms with van der Waals surface area (Å²) in [6, 6.07) is 3.64. The molecule has 0 bridgehead atoms. The highest BCUT2D eigenvalue weighted by Crippen LogP contribution is 2.16. The molecule has 0 saturated heterocycles. The molecule has 0 aromatic carbocycles. The van der Waals surface area contributed by atoms with Gasteiger partial charge in [0.05, 0.1) is 0 Å². The Kier molecular flexibility index (Phi) is 3.98. The molecular formula is C10H10BrN5O2. The van der Waals surface area contributed by atoms with Gasteiger partial charge in [-0.25, -0.2) is 4.68 Å². The minimum atomic E-state index is -0.827. The summed E-state index contributed by atoms with van der Waals surface area (Å²) in [6.07, 6.45) is 2.22. The second-order valence-electron chi connectivity index (χ2n) is 3.58. The molecule has 0 fully saturated rings. The smallest absolute Gasteiger partial charge is 0.303 e. The normalized spacial score (nSPS) is 10.5. The minimum absolute atomic E-state index is 0.0903. The van der Waals surface area contributed by atoms with Crippen LogP contribution in [0.3, 0.4) is 0 Å². The summed E-state index contributed by atoms with van der Waals surface area (Å²) in [5.41, 5.74) is 0.651. The Bertz CT molecular complexity index is 539. The van der Waals surface area contributed by atoms with E-state index in [4.69, 9.17) is 5.11 Å². The second-order valence-corrected chi connectivity index (χ2v) is 4.50. The Morgan fingerprint density at radius 1 is 1.44 bits per heavy atom. The maximum atomic E-state index is 10.4. The van der Waals surface area contributed by atoms with Crippen LogP contribution in [0.4, 0.5) is 0 Å². The van der Waals surface area contributed by atoms with Crippen molar-refractivity contribution in [1.82, 2.24) is 25.2 Å². The van der Waals surface area contributed by atoms with Crippen molar-refractivity contribution in [2.24, 2.45) is 0 Å². The van der Waals surface area contributed by atoms with Crippen LogP contribution in [0.25, 0.3) is 11.5 Å². The zero-order valence-corrected chi connectivity index (χ0v) is 10.9. The molecule has 0 saturated carbocycles. The lowest BCUT2D eigenvalue weighted by atomic mass is 10.3. The van der Waals surface area contributed by atoms with Crippen molar-refractivity contribution in [3.05, 3.63) is 22.8 Å². The SMILES string of the molecule is O=C(O)CCCn1nnnc1-c1ccc(Br)cn1. The van der Waals surface area contributed by atoms with Gasteiger partial charge in [-0.3, -0.25) is 9.78 Å². The van der Waals surface area contributed by atoms with Crippen LogP contribution in [0.5, 0.6) is 0 Å². The van der Waals surface area contributed by atoms with E-state index in [2.05, 4.69) is 36.4 Å². The van der Waals surface area contributed by atoms with Gasteiger partial charge in [0.25, 0.3) is 0 Å². The number of aromatic nitrogens is 5. The highest BCUT2D eigenvalue weighted by atomic mass is 79.9. The molecule has 1 N–H and O–H groups in total. The molecule has 0 aliphatic rings. The van der Waals surface area contributed by atoms with E-state index in [9.17, 15) is 4.79 Å². The van der Waals surface area contributed by atoms with Crippen LogP contribution in [0, 0.1) is 0 Å². The average molecular weight is 312 g/mol. The van der Waals surface area contributed by atoms with Gasteiger partial charge < -0.3 is 5.11 Å². The molecule has 2 aromatic heterocycles. The molecular weight excluding hydrogens is 302 g/mol. The summed E-state index contributed by atoms with van der Waals surface area (Å²) in [6.45, 7) is 0.451. The van der Waals surface area contributed by atoms with Crippen LogP contribution >= 0.6 is 15.9 Å². The predicted molar refractivity (Wildman–Crippen MR) is 65.6 cm³/mol. The topological polar surface area (TPSA) is 93.8 Å². The van der Waals surface area contributed by atoms with E-state index in [1.54, 1.807) is 16.9 Å². The molecule has 0 radical (unpaired) electrons. The largest absolute Gasteiger partial charge is 0.481 e. The molecule has 2 rings (SSSR count). The molecule has 7 nitrogen and oxygen atoms in total. The van der Waals surface area contributed by atoms with Gasteiger partial charge in [0, 0.05) is 23.6 Å². The molecule has 0 amide bonds. The highest BCUT2D eigenvalue weighted by molar-refractivity contribution is 9.10. The molecule has 2 aromatic rings. The van der Waals surface area contributed by atoms with E-state index in [0.29, 0.717) is 24.5 Å². The molecule has 18 heavy (non-hydrogen) atoms. The summed E-state index contributed by atoms with van der Waals surface area (Å²) < 4.78 is 2.43. The van der Waals surface area contributed by atoms with Crippen LogP contribution in [-0.4, -0.2) is 36.3 Å². The van der Waals surface area contributed by atoms with Crippen molar-refractivity contribution >= 4 is 21.9 Å². The maximum Gasteiger partial charge on any atom is 0.303 e. The molecule has 0 aliphatic heterocycles. The van der Waals surface area contributed by atoms with Crippen molar-refractivity contribution in [3.8, 4) is 11.5 Å². The first-order chi connectivity index (χ1) is 8.66. The number of halogens is 1. The van der Waals surface area contributed by atoms with E-state index in [1.807, 2.05) is 6.07 Å². The van der Waals surface area contributed by atoms with E-state index in [1.165, 1.54) is 0 Å². The zero-order chi connectivity index (χ0) is 13.0. The fourth-order valence-electron chi connectivity index (χ4n) is 1.43. The van der Waals surface area contributed by atoms with Gasteiger partial charge >= 0.3 is 5.97 Å². The Labute approximate surface area is 111 Å². The van der Waals surface area contributed by atoms with Crippen molar-refractivity contribution in [2.75, 3.05) is 0 Å². The van der Waals surface area contributed by atoms with E-state index >= 15 is 0 Å². The predicted octanol–water partition coefficient (Wildman–Crippen LogP) is 1.36. The number of carbonyl (C=O) groups is 1. The van der Waals surface area contributed by atoms with Crippen molar-refractivity contribution in [1.29, 1.82) is 0 Å². The Morgan fingerprint density at radius 2 is 2.28 bits per heavy atom. The van der Waals surface area contributed by atoms with Gasteiger partial charge in [-0.1, -0.05) is 0 Å². The number of hydrogen-bond donors (Lipinski definition) is 1. The fraction of sp³-hybridized carbons (Fsp3) is 0.300. The standard InChI is InChI=1S/C10H10BrN5O2/c11-7-3-4-8(12-6-7)10-13-14-15-16(10)5-1-2-9(17)18/h3-4,6H,1-2,5H2,(H,17,18). The molecule has 0 unspecified atom stereocenters. The van der Waals surface area contributed by atoms with Gasteiger partial charge in [-0.05, 0) is 44.9 Å². The number of aliphatic carboxylic acids is 1. The molecule has 0 spiro atoms. The summed E-state index contributed by atoms with van der Waals surface area (Å²) >= 11 is 3.30. The number of hydrogen-bond acceptors (Lipinski definition) is 5. The first kappa shape index (κ1) is 12.6. The van der Waals surface area contributed by atoms with Crippen LogP contribution in [0.2, 0.25) is 0 Å². The lowest BCUT2D eigenvalue weighted by Crippen LogP contribution is -2.06. The Hall–Kier alpha value is -1.83. The molecule has 2 heterocycles. The fourth-order valence-corrected chi connectivity index (χ4v) is 1.66. The van der Waals surface area contributed by atoms with Gasteiger partial charge in [-0.15, -0.1) is 5.10 Å². The van der Waals surface area contributed by atoms with Crippen LogP contribution in [0.1, 0.15) is 12.8 Å². The third kappa shape index (κ3) is 3.10. The van der Waals surface area contributed by atoms with Crippen molar-refractivity contribution < 1.29 is 9.90 Å². The molecule has 0 aliphatic carbocycles. The summed E-state index contributed by atoms with van der Waals surface area (Å²) in [7, 11) is 0. The van der Waals surface area contributed by atoms with E-state index < -0.39 is 5.97 Å². The van der Waals surface area contributed by atoms with Gasteiger partial charge in [0.2, 0.25) is 5.82 Å². The number of pyridine rings is 1. The quantitative estimate of drug-likeness (QED) is 0.896. The van der Waals surface area contributed by atoms with Crippen molar-refractivity contribution in [2.45, 2.75) is 19.4 Å². The number of aryl methyl sites for hydroxylation is 1. The van der Waals surface area contributed by atoms with E-state index in [0.717, 1.165) is 4.47 Å². The van der Waals surface area contributed by atoms with Gasteiger partial charge in [0.15, 0.2) is 0 Å². The number of carboxylic acids is 1. The minimum Gasteiger partial charge on any atom is -0.481 e. The van der Waals surface area contributed by atoms with Crippen molar-refractivity contribution in [3.63, 3.8) is 0 Å². The number of carboxylic acid groups (broad SMARTS) is 1. The third-order valence-electron chi connectivity index (χ3n) is 2.25. The number of tetrazole rings is 1. The zero-order valence-electron chi connectivity index (χ0n) is 9.32.